The van der Waals surface area contributed by atoms with Crippen molar-refractivity contribution in [3.63, 3.8) is 0 Å². The summed E-state index contributed by atoms with van der Waals surface area (Å²) in [4.78, 5) is 24.3. The van der Waals surface area contributed by atoms with Crippen LogP contribution in [0.15, 0.2) is 53.5 Å². The van der Waals surface area contributed by atoms with Crippen LogP contribution in [-0.4, -0.2) is 10.5 Å². The Bertz CT molecular complexity index is 972. The zero-order valence-corrected chi connectivity index (χ0v) is 14.2. The SMILES string of the molecule is Cc1cc(C)cc(NC(=O)Cn2ccc(=O)c3ccc(Cl)cc32)c1. The van der Waals surface area contributed by atoms with Gasteiger partial charge < -0.3 is 9.88 Å². The Morgan fingerprint density at radius 2 is 1.79 bits per heavy atom. The first kappa shape index (κ1) is 16.3. The lowest BCUT2D eigenvalue weighted by molar-refractivity contribution is -0.116. The number of benzene rings is 2. The molecule has 2 aromatic carbocycles. The summed E-state index contributed by atoms with van der Waals surface area (Å²) in [6, 6.07) is 12.4. The van der Waals surface area contributed by atoms with Crippen molar-refractivity contribution in [2.75, 3.05) is 5.32 Å². The maximum absolute atomic E-state index is 12.4. The van der Waals surface area contributed by atoms with Crippen LogP contribution in [-0.2, 0) is 11.3 Å². The van der Waals surface area contributed by atoms with E-state index < -0.39 is 0 Å². The minimum atomic E-state index is -0.162. The van der Waals surface area contributed by atoms with Gasteiger partial charge in [-0.2, -0.15) is 0 Å². The highest BCUT2D eigenvalue weighted by atomic mass is 35.5. The van der Waals surface area contributed by atoms with Crippen molar-refractivity contribution >= 4 is 34.1 Å². The zero-order valence-electron chi connectivity index (χ0n) is 13.5. The molecule has 3 aromatic rings. The van der Waals surface area contributed by atoms with E-state index in [1.807, 2.05) is 32.0 Å². The minimum absolute atomic E-state index is 0.0902. The lowest BCUT2D eigenvalue weighted by Crippen LogP contribution is -2.20. The molecule has 0 fully saturated rings. The molecule has 0 saturated carbocycles. The Kier molecular flexibility index (Phi) is 4.40. The van der Waals surface area contributed by atoms with Crippen LogP contribution in [0.3, 0.4) is 0 Å². The number of pyridine rings is 1. The first-order valence-corrected chi connectivity index (χ1v) is 7.97. The van der Waals surface area contributed by atoms with Gasteiger partial charge in [0.05, 0.1) is 5.52 Å². The van der Waals surface area contributed by atoms with Gasteiger partial charge in [-0.3, -0.25) is 9.59 Å². The van der Waals surface area contributed by atoms with E-state index in [2.05, 4.69) is 5.32 Å². The lowest BCUT2D eigenvalue weighted by Gasteiger charge is -2.12. The standard InChI is InChI=1S/C19H17ClN2O2/c1-12-7-13(2)9-15(8-12)21-19(24)11-22-6-5-18(23)16-4-3-14(20)10-17(16)22/h3-10H,11H2,1-2H3,(H,21,24). The molecule has 0 radical (unpaired) electrons. The monoisotopic (exact) mass is 340 g/mol. The Balaban J connectivity index is 1.89. The Morgan fingerprint density at radius 1 is 1.08 bits per heavy atom. The molecular weight excluding hydrogens is 324 g/mol. The number of anilines is 1. The van der Waals surface area contributed by atoms with Gasteiger partial charge in [0.1, 0.15) is 6.54 Å². The molecule has 1 heterocycles. The second kappa shape index (κ2) is 6.49. The van der Waals surface area contributed by atoms with Crippen LogP contribution in [0.2, 0.25) is 5.02 Å². The third-order valence-electron chi connectivity index (χ3n) is 3.76. The second-order valence-electron chi connectivity index (χ2n) is 5.89. The summed E-state index contributed by atoms with van der Waals surface area (Å²) >= 11 is 6.03. The number of carbonyl (C=O) groups excluding carboxylic acids is 1. The molecular formula is C19H17ClN2O2. The van der Waals surface area contributed by atoms with Crippen molar-refractivity contribution in [1.29, 1.82) is 0 Å². The lowest BCUT2D eigenvalue weighted by atomic mass is 10.1. The molecule has 0 unspecified atom stereocenters. The van der Waals surface area contributed by atoms with Gasteiger partial charge in [0, 0.05) is 28.4 Å². The van der Waals surface area contributed by atoms with Gasteiger partial charge in [-0.15, -0.1) is 0 Å². The van der Waals surface area contributed by atoms with Gasteiger partial charge in [0.15, 0.2) is 5.43 Å². The minimum Gasteiger partial charge on any atom is -0.338 e. The molecule has 0 atom stereocenters. The molecule has 1 N–H and O–H groups in total. The molecule has 0 bridgehead atoms. The van der Waals surface area contributed by atoms with Crippen molar-refractivity contribution in [2.45, 2.75) is 20.4 Å². The smallest absolute Gasteiger partial charge is 0.244 e. The Hall–Kier alpha value is -2.59. The predicted octanol–water partition coefficient (Wildman–Crippen LogP) is 3.91. The van der Waals surface area contributed by atoms with Crippen molar-refractivity contribution in [3.8, 4) is 0 Å². The van der Waals surface area contributed by atoms with E-state index in [-0.39, 0.29) is 17.9 Å². The summed E-state index contributed by atoms with van der Waals surface area (Å²) < 4.78 is 1.72. The summed E-state index contributed by atoms with van der Waals surface area (Å²) in [5.74, 6) is -0.162. The van der Waals surface area contributed by atoms with Gasteiger partial charge in [-0.25, -0.2) is 0 Å². The van der Waals surface area contributed by atoms with E-state index in [0.717, 1.165) is 16.8 Å². The van der Waals surface area contributed by atoms with Crippen molar-refractivity contribution < 1.29 is 4.79 Å². The molecule has 24 heavy (non-hydrogen) atoms. The molecule has 1 amide bonds. The van der Waals surface area contributed by atoms with Crippen LogP contribution >= 0.6 is 11.6 Å². The normalized spacial score (nSPS) is 10.8. The molecule has 3 rings (SSSR count). The van der Waals surface area contributed by atoms with Gasteiger partial charge in [0.25, 0.3) is 0 Å². The molecule has 0 aliphatic heterocycles. The number of hydrogen-bond donors (Lipinski definition) is 1. The first-order valence-electron chi connectivity index (χ1n) is 7.59. The van der Waals surface area contributed by atoms with E-state index >= 15 is 0 Å². The number of nitrogens with zero attached hydrogens (tertiary/aromatic N) is 1. The number of halogens is 1. The summed E-state index contributed by atoms with van der Waals surface area (Å²) in [5, 5.41) is 3.96. The number of aromatic nitrogens is 1. The Labute approximate surface area is 144 Å². The molecule has 4 nitrogen and oxygen atoms in total. The fraction of sp³-hybridized carbons (Fsp3) is 0.158. The van der Waals surface area contributed by atoms with E-state index in [1.54, 1.807) is 29.0 Å². The molecule has 5 heteroatoms. The molecule has 0 saturated heterocycles. The van der Waals surface area contributed by atoms with Crippen molar-refractivity contribution in [2.24, 2.45) is 0 Å². The van der Waals surface area contributed by atoms with Crippen LogP contribution in [0.5, 0.6) is 0 Å². The summed E-state index contributed by atoms with van der Waals surface area (Å²) in [7, 11) is 0. The maximum Gasteiger partial charge on any atom is 0.244 e. The van der Waals surface area contributed by atoms with Gasteiger partial charge in [-0.05, 0) is 55.3 Å². The maximum atomic E-state index is 12.4. The van der Waals surface area contributed by atoms with Crippen molar-refractivity contribution in [3.05, 3.63) is 75.0 Å². The van der Waals surface area contributed by atoms with Crippen molar-refractivity contribution in [1.82, 2.24) is 4.57 Å². The highest BCUT2D eigenvalue weighted by molar-refractivity contribution is 6.31. The average Bonchev–Trinajstić information content (AvgIpc) is 2.49. The third-order valence-corrected chi connectivity index (χ3v) is 4.00. The first-order chi connectivity index (χ1) is 11.4. The molecule has 122 valence electrons. The zero-order chi connectivity index (χ0) is 17.3. The predicted molar refractivity (Wildman–Crippen MR) is 97.8 cm³/mol. The highest BCUT2D eigenvalue weighted by Gasteiger charge is 2.08. The number of rotatable bonds is 3. The van der Waals surface area contributed by atoms with Crippen LogP contribution < -0.4 is 10.7 Å². The quantitative estimate of drug-likeness (QED) is 0.786. The molecule has 0 aliphatic carbocycles. The van der Waals surface area contributed by atoms with Crippen LogP contribution in [0, 0.1) is 13.8 Å². The van der Waals surface area contributed by atoms with E-state index in [4.69, 9.17) is 11.6 Å². The van der Waals surface area contributed by atoms with Gasteiger partial charge >= 0.3 is 0 Å². The highest BCUT2D eigenvalue weighted by Crippen LogP contribution is 2.17. The fourth-order valence-electron chi connectivity index (χ4n) is 2.82. The number of amides is 1. The van der Waals surface area contributed by atoms with E-state index in [9.17, 15) is 9.59 Å². The van der Waals surface area contributed by atoms with Crippen LogP contribution in [0.1, 0.15) is 11.1 Å². The Morgan fingerprint density at radius 3 is 2.50 bits per heavy atom. The number of hydrogen-bond acceptors (Lipinski definition) is 2. The molecule has 0 spiro atoms. The molecule has 1 aromatic heterocycles. The van der Waals surface area contributed by atoms with Crippen LogP contribution in [0.4, 0.5) is 5.69 Å². The fourth-order valence-corrected chi connectivity index (χ4v) is 2.98. The summed E-state index contributed by atoms with van der Waals surface area (Å²) in [6.07, 6.45) is 1.61. The average molecular weight is 341 g/mol. The van der Waals surface area contributed by atoms with Gasteiger partial charge in [0.2, 0.25) is 5.91 Å². The van der Waals surface area contributed by atoms with Gasteiger partial charge in [-0.1, -0.05) is 17.7 Å². The summed E-state index contributed by atoms with van der Waals surface area (Å²) in [5.41, 5.74) is 3.50. The van der Waals surface area contributed by atoms with E-state index in [1.165, 1.54) is 6.07 Å². The number of fused-ring (bicyclic) bond motifs is 1. The molecule has 0 aliphatic rings. The topological polar surface area (TPSA) is 51.1 Å². The number of carbonyl (C=O) groups is 1. The van der Waals surface area contributed by atoms with Crippen LogP contribution in [0.25, 0.3) is 10.9 Å². The largest absolute Gasteiger partial charge is 0.338 e. The second-order valence-corrected chi connectivity index (χ2v) is 6.33. The third kappa shape index (κ3) is 3.49. The van der Waals surface area contributed by atoms with E-state index in [0.29, 0.717) is 15.9 Å². The number of aryl methyl sites for hydroxylation is 2. The summed E-state index contributed by atoms with van der Waals surface area (Å²) in [6.45, 7) is 4.07. The number of nitrogens with one attached hydrogen (secondary N) is 1.